The number of carbonyl (C=O) groups excluding carboxylic acids is 3. The van der Waals surface area contributed by atoms with Crippen LogP contribution in [0.2, 0.25) is 0 Å². The summed E-state index contributed by atoms with van der Waals surface area (Å²) in [6.07, 6.45) is -0.457. The number of sulfonamides is 1. The molecule has 1 N–H and O–H groups in total. The van der Waals surface area contributed by atoms with Crippen molar-refractivity contribution < 1.29 is 32.3 Å². The van der Waals surface area contributed by atoms with Crippen LogP contribution in [0.1, 0.15) is 34.6 Å². The first-order valence-corrected chi connectivity index (χ1v) is 12.7. The van der Waals surface area contributed by atoms with Crippen LogP contribution in [0.4, 0.5) is 9.80 Å². The molecule has 2 amide bonds. The lowest BCUT2D eigenvalue weighted by Crippen LogP contribution is -2.50. The molecule has 2 heterocycles. The predicted molar refractivity (Wildman–Crippen MR) is 122 cm³/mol. The molecule has 1 aliphatic heterocycles. The van der Waals surface area contributed by atoms with E-state index in [-0.39, 0.29) is 55.4 Å². The van der Waals surface area contributed by atoms with E-state index in [1.807, 2.05) is 0 Å². The van der Waals surface area contributed by atoms with Crippen molar-refractivity contribution in [2.75, 3.05) is 44.7 Å². The van der Waals surface area contributed by atoms with Gasteiger partial charge in [-0.25, -0.2) is 18.0 Å². The fourth-order valence-corrected chi connectivity index (χ4v) is 5.40. The second kappa shape index (κ2) is 10.8. The number of piperazine rings is 1. The van der Waals surface area contributed by atoms with Crippen molar-refractivity contribution in [3.8, 4) is 0 Å². The molecule has 12 heteroatoms. The van der Waals surface area contributed by atoms with Crippen LogP contribution in [0.5, 0.6) is 0 Å². The summed E-state index contributed by atoms with van der Waals surface area (Å²) in [5.41, 5.74) is 0.501. The zero-order valence-corrected chi connectivity index (χ0v) is 19.9. The van der Waals surface area contributed by atoms with E-state index >= 15 is 0 Å². The van der Waals surface area contributed by atoms with Crippen LogP contribution in [0.15, 0.2) is 40.6 Å². The zero-order chi connectivity index (χ0) is 24.0. The van der Waals surface area contributed by atoms with Gasteiger partial charge >= 0.3 is 12.1 Å². The lowest BCUT2D eigenvalue weighted by molar-refractivity contribution is 0.0528. The summed E-state index contributed by atoms with van der Waals surface area (Å²) >= 11 is 1.19. The molecule has 2 aromatic rings. The molecule has 0 bridgehead atoms. The minimum atomic E-state index is -3.78. The van der Waals surface area contributed by atoms with Gasteiger partial charge in [0.2, 0.25) is 10.0 Å². The van der Waals surface area contributed by atoms with E-state index in [0.717, 1.165) is 0 Å². The molecule has 1 aromatic carbocycles. The Labute approximate surface area is 196 Å². The predicted octanol–water partition coefficient (Wildman–Crippen LogP) is 2.64. The molecule has 178 valence electrons. The molecule has 1 fully saturated rings. The number of rotatable bonds is 7. The highest BCUT2D eigenvalue weighted by Gasteiger charge is 2.30. The molecule has 0 radical (unpaired) electrons. The Morgan fingerprint density at radius 3 is 2.21 bits per heavy atom. The van der Waals surface area contributed by atoms with Gasteiger partial charge in [-0.05, 0) is 49.6 Å². The van der Waals surface area contributed by atoms with Gasteiger partial charge in [-0.15, -0.1) is 11.3 Å². The van der Waals surface area contributed by atoms with E-state index in [9.17, 15) is 22.8 Å². The van der Waals surface area contributed by atoms with Gasteiger partial charge in [0.25, 0.3) is 5.91 Å². The number of esters is 1. The average Bonchev–Trinajstić information content (AvgIpc) is 3.28. The minimum Gasteiger partial charge on any atom is -0.462 e. The van der Waals surface area contributed by atoms with Gasteiger partial charge in [0, 0.05) is 31.7 Å². The Hall–Kier alpha value is -2.96. The van der Waals surface area contributed by atoms with Crippen LogP contribution in [-0.4, -0.2) is 75.0 Å². The maximum atomic E-state index is 12.9. The Morgan fingerprint density at radius 1 is 0.970 bits per heavy atom. The lowest BCUT2D eigenvalue weighted by Gasteiger charge is -2.33. The molecule has 3 rings (SSSR count). The zero-order valence-electron chi connectivity index (χ0n) is 18.3. The Bertz CT molecular complexity index is 1110. The van der Waals surface area contributed by atoms with Crippen LogP contribution in [0, 0.1) is 0 Å². The number of hydrogen-bond donors (Lipinski definition) is 1. The molecule has 1 saturated heterocycles. The number of nitrogens with zero attached hydrogens (tertiary/aromatic N) is 2. The largest absolute Gasteiger partial charge is 0.462 e. The van der Waals surface area contributed by atoms with Crippen molar-refractivity contribution in [3.05, 3.63) is 46.8 Å². The molecule has 0 saturated carbocycles. The van der Waals surface area contributed by atoms with Crippen molar-refractivity contribution in [1.29, 1.82) is 0 Å². The number of anilines is 1. The standard InChI is InChI=1S/C21H25N3O7S2/c1-3-30-20(26)17-9-14-32-19(17)22-18(25)15-5-7-16(8-6-15)33(28,29)24-12-10-23(11-13-24)21(27)31-4-2/h5-9,14H,3-4,10-13H2,1-2H3,(H,22,25). The van der Waals surface area contributed by atoms with Crippen molar-refractivity contribution in [1.82, 2.24) is 9.21 Å². The molecule has 0 atom stereocenters. The third-order valence-electron chi connectivity index (χ3n) is 4.91. The quantitative estimate of drug-likeness (QED) is 0.586. The Morgan fingerprint density at radius 2 is 1.61 bits per heavy atom. The molecule has 0 aliphatic carbocycles. The summed E-state index contributed by atoms with van der Waals surface area (Å²) in [6, 6.07) is 7.12. The van der Waals surface area contributed by atoms with Gasteiger partial charge in [0.15, 0.2) is 0 Å². The summed E-state index contributed by atoms with van der Waals surface area (Å²) in [4.78, 5) is 37.9. The summed E-state index contributed by atoms with van der Waals surface area (Å²) in [5.74, 6) is -1.01. The van der Waals surface area contributed by atoms with E-state index in [2.05, 4.69) is 5.32 Å². The van der Waals surface area contributed by atoms with Gasteiger partial charge in [0.1, 0.15) is 5.00 Å². The maximum Gasteiger partial charge on any atom is 0.409 e. The van der Waals surface area contributed by atoms with Crippen LogP contribution in [0.25, 0.3) is 0 Å². The molecule has 1 aromatic heterocycles. The monoisotopic (exact) mass is 495 g/mol. The molecule has 33 heavy (non-hydrogen) atoms. The smallest absolute Gasteiger partial charge is 0.409 e. The highest BCUT2D eigenvalue weighted by atomic mass is 32.2. The number of hydrogen-bond acceptors (Lipinski definition) is 8. The van der Waals surface area contributed by atoms with Gasteiger partial charge in [-0.2, -0.15) is 4.31 Å². The highest BCUT2D eigenvalue weighted by molar-refractivity contribution is 7.89. The Kier molecular flexibility index (Phi) is 8.06. The number of carbonyl (C=O) groups is 3. The van der Waals surface area contributed by atoms with E-state index < -0.39 is 28.0 Å². The third-order valence-corrected chi connectivity index (χ3v) is 7.65. The Balaban J connectivity index is 1.65. The molecule has 0 unspecified atom stereocenters. The fourth-order valence-electron chi connectivity index (χ4n) is 3.20. The number of amides is 2. The van der Waals surface area contributed by atoms with Gasteiger partial charge in [0.05, 0.1) is 23.7 Å². The van der Waals surface area contributed by atoms with Gasteiger partial charge < -0.3 is 19.7 Å². The molecular formula is C21H25N3O7S2. The number of benzene rings is 1. The normalized spacial score (nSPS) is 14.5. The molecule has 1 aliphatic rings. The van der Waals surface area contributed by atoms with Gasteiger partial charge in [-0.3, -0.25) is 4.79 Å². The topological polar surface area (TPSA) is 122 Å². The summed E-state index contributed by atoms with van der Waals surface area (Å²) < 4.78 is 37.1. The van der Waals surface area contributed by atoms with Crippen LogP contribution in [-0.2, 0) is 19.5 Å². The third kappa shape index (κ3) is 5.70. The SMILES string of the molecule is CCOC(=O)c1ccsc1NC(=O)c1ccc(S(=O)(=O)N2CCN(C(=O)OCC)CC2)cc1. The van der Waals surface area contributed by atoms with Gasteiger partial charge in [-0.1, -0.05) is 0 Å². The first-order valence-electron chi connectivity index (χ1n) is 10.4. The molecular weight excluding hydrogens is 470 g/mol. The van der Waals surface area contributed by atoms with Crippen LogP contribution in [0.3, 0.4) is 0 Å². The first kappa shape index (κ1) is 24.7. The minimum absolute atomic E-state index is 0.0481. The van der Waals surface area contributed by atoms with E-state index in [4.69, 9.17) is 9.47 Å². The van der Waals surface area contributed by atoms with Crippen molar-refractivity contribution in [2.45, 2.75) is 18.7 Å². The van der Waals surface area contributed by atoms with Crippen molar-refractivity contribution in [3.63, 3.8) is 0 Å². The second-order valence-electron chi connectivity index (χ2n) is 6.95. The molecule has 10 nitrogen and oxygen atoms in total. The highest BCUT2D eigenvalue weighted by Crippen LogP contribution is 2.25. The number of nitrogens with one attached hydrogen (secondary N) is 1. The van der Waals surface area contributed by atoms with Crippen LogP contribution >= 0.6 is 11.3 Å². The number of thiophene rings is 1. The average molecular weight is 496 g/mol. The summed E-state index contributed by atoms with van der Waals surface area (Å²) in [5, 5.41) is 4.69. The van der Waals surface area contributed by atoms with E-state index in [0.29, 0.717) is 5.00 Å². The second-order valence-corrected chi connectivity index (χ2v) is 9.81. The summed E-state index contributed by atoms with van der Waals surface area (Å²) in [6.45, 7) is 4.66. The van der Waals surface area contributed by atoms with E-state index in [1.54, 1.807) is 25.3 Å². The van der Waals surface area contributed by atoms with Crippen molar-refractivity contribution in [2.24, 2.45) is 0 Å². The molecule has 0 spiro atoms. The fraction of sp³-hybridized carbons (Fsp3) is 0.381. The number of ether oxygens (including phenoxy) is 2. The van der Waals surface area contributed by atoms with Crippen molar-refractivity contribution >= 4 is 44.3 Å². The first-order chi connectivity index (χ1) is 15.8. The lowest BCUT2D eigenvalue weighted by atomic mass is 10.2. The maximum absolute atomic E-state index is 12.9. The van der Waals surface area contributed by atoms with Crippen LogP contribution < -0.4 is 5.32 Å². The van der Waals surface area contributed by atoms with E-state index in [1.165, 1.54) is 44.8 Å². The summed E-state index contributed by atoms with van der Waals surface area (Å²) in [7, 11) is -3.78.